The summed E-state index contributed by atoms with van der Waals surface area (Å²) in [4.78, 5) is 0.235. The van der Waals surface area contributed by atoms with Crippen molar-refractivity contribution in [1.82, 2.24) is 4.72 Å². The van der Waals surface area contributed by atoms with Gasteiger partial charge in [0.05, 0.1) is 10.4 Å². The van der Waals surface area contributed by atoms with Crippen molar-refractivity contribution < 1.29 is 8.42 Å². The van der Waals surface area contributed by atoms with Crippen LogP contribution in [0.3, 0.4) is 0 Å². The summed E-state index contributed by atoms with van der Waals surface area (Å²) in [6.45, 7) is 3.78. The summed E-state index contributed by atoms with van der Waals surface area (Å²) in [5.74, 6) is 0. The van der Waals surface area contributed by atoms with Crippen molar-refractivity contribution >= 4 is 21.6 Å². The number of hydrogen-bond donors (Lipinski definition) is 1. The molecule has 0 aliphatic heterocycles. The van der Waals surface area contributed by atoms with E-state index >= 15 is 0 Å². The average molecular weight is 386 g/mol. The molecular formula is C21H20ClNO2S. The molecule has 26 heavy (non-hydrogen) atoms. The van der Waals surface area contributed by atoms with Crippen molar-refractivity contribution in [3.63, 3.8) is 0 Å². The molecule has 0 aliphatic rings. The van der Waals surface area contributed by atoms with Gasteiger partial charge in [0, 0.05) is 5.02 Å². The Morgan fingerprint density at radius 1 is 0.808 bits per heavy atom. The van der Waals surface area contributed by atoms with Crippen molar-refractivity contribution in [3.05, 3.63) is 101 Å². The molecule has 0 saturated heterocycles. The summed E-state index contributed by atoms with van der Waals surface area (Å²) >= 11 is 6.01. The molecule has 0 saturated carbocycles. The van der Waals surface area contributed by atoms with Crippen molar-refractivity contribution in [2.45, 2.75) is 24.3 Å². The predicted molar refractivity (Wildman–Crippen MR) is 106 cm³/mol. The molecule has 3 aromatic carbocycles. The zero-order valence-corrected chi connectivity index (χ0v) is 16.2. The monoisotopic (exact) mass is 385 g/mol. The first-order valence-electron chi connectivity index (χ1n) is 8.23. The van der Waals surface area contributed by atoms with Gasteiger partial charge in [-0.1, -0.05) is 71.8 Å². The van der Waals surface area contributed by atoms with Gasteiger partial charge in [0.15, 0.2) is 0 Å². The van der Waals surface area contributed by atoms with Crippen molar-refractivity contribution in [2.75, 3.05) is 0 Å². The van der Waals surface area contributed by atoms with Gasteiger partial charge in [0.2, 0.25) is 10.0 Å². The largest absolute Gasteiger partial charge is 0.241 e. The fourth-order valence-corrected chi connectivity index (χ4v) is 4.40. The first-order chi connectivity index (χ1) is 12.3. The molecule has 0 fully saturated rings. The van der Waals surface area contributed by atoms with Crippen molar-refractivity contribution in [1.29, 1.82) is 0 Å². The first-order valence-corrected chi connectivity index (χ1v) is 10.1. The van der Waals surface area contributed by atoms with E-state index in [1.165, 1.54) is 0 Å². The molecule has 0 bridgehead atoms. The quantitative estimate of drug-likeness (QED) is 0.679. The Hall–Kier alpha value is -2.14. The molecule has 0 aromatic heterocycles. The average Bonchev–Trinajstić information content (AvgIpc) is 2.63. The Morgan fingerprint density at radius 3 is 1.92 bits per heavy atom. The number of sulfonamides is 1. The summed E-state index contributed by atoms with van der Waals surface area (Å²) in [5, 5.41) is 0.602. The maximum Gasteiger partial charge on any atom is 0.241 e. The van der Waals surface area contributed by atoms with Gasteiger partial charge in [-0.3, -0.25) is 0 Å². The minimum absolute atomic E-state index is 0.235. The number of aryl methyl sites for hydroxylation is 1. The van der Waals surface area contributed by atoms with E-state index in [0.717, 1.165) is 16.7 Å². The number of halogens is 1. The standard InChI is InChI=1S/C21H20ClNO2S/c1-16-8-14-20(15-9-16)26(24,25)23-21(2,17-6-4-3-5-7-17)18-10-12-19(22)13-11-18/h3-15,23H,1-2H3/t21-/m0/s1. The summed E-state index contributed by atoms with van der Waals surface area (Å²) in [6.07, 6.45) is 0. The Labute approximate surface area is 159 Å². The fraction of sp³-hybridized carbons (Fsp3) is 0.143. The molecule has 134 valence electrons. The van der Waals surface area contributed by atoms with Crippen LogP contribution in [0.25, 0.3) is 0 Å². The highest BCUT2D eigenvalue weighted by Crippen LogP contribution is 2.32. The van der Waals surface area contributed by atoms with Crippen LogP contribution < -0.4 is 4.72 Å². The Kier molecular flexibility index (Phi) is 5.19. The van der Waals surface area contributed by atoms with E-state index in [-0.39, 0.29) is 4.90 Å². The van der Waals surface area contributed by atoms with Crippen LogP contribution in [-0.2, 0) is 15.6 Å². The van der Waals surface area contributed by atoms with Gasteiger partial charge in [-0.2, -0.15) is 4.72 Å². The summed E-state index contributed by atoms with van der Waals surface area (Å²) in [5.41, 5.74) is 1.73. The molecular weight excluding hydrogens is 366 g/mol. The zero-order chi connectivity index (χ0) is 18.8. The molecule has 1 N–H and O–H groups in total. The van der Waals surface area contributed by atoms with Crippen molar-refractivity contribution in [3.8, 4) is 0 Å². The smallest absolute Gasteiger partial charge is 0.207 e. The van der Waals surface area contributed by atoms with Crippen LogP contribution in [0.1, 0.15) is 23.6 Å². The second kappa shape index (κ2) is 7.23. The van der Waals surface area contributed by atoms with Crippen LogP contribution in [0.15, 0.2) is 83.8 Å². The third kappa shape index (κ3) is 3.83. The third-order valence-corrected chi connectivity index (χ3v) is 6.26. The van der Waals surface area contributed by atoms with Gasteiger partial charge in [-0.25, -0.2) is 8.42 Å². The zero-order valence-electron chi connectivity index (χ0n) is 14.6. The molecule has 0 radical (unpaired) electrons. The number of benzene rings is 3. The minimum atomic E-state index is -3.72. The van der Waals surface area contributed by atoms with Gasteiger partial charge >= 0.3 is 0 Å². The minimum Gasteiger partial charge on any atom is -0.207 e. The van der Waals surface area contributed by atoms with Crippen LogP contribution in [0.5, 0.6) is 0 Å². The summed E-state index contributed by atoms with van der Waals surface area (Å²) < 4.78 is 29.0. The van der Waals surface area contributed by atoms with E-state index in [1.54, 1.807) is 36.4 Å². The Bertz CT molecular complexity index is 984. The molecule has 0 amide bonds. The normalized spacial score (nSPS) is 14.0. The molecule has 0 aliphatic carbocycles. The molecule has 3 rings (SSSR count). The Balaban J connectivity index is 2.09. The lowest BCUT2D eigenvalue weighted by atomic mass is 9.86. The number of rotatable bonds is 5. The number of nitrogens with one attached hydrogen (secondary N) is 1. The maximum atomic E-state index is 13.0. The lowest BCUT2D eigenvalue weighted by molar-refractivity contribution is 0.503. The van der Waals surface area contributed by atoms with E-state index in [9.17, 15) is 8.42 Å². The van der Waals surface area contributed by atoms with E-state index in [0.29, 0.717) is 5.02 Å². The summed E-state index contributed by atoms with van der Waals surface area (Å²) in [6, 6.07) is 23.5. The van der Waals surface area contributed by atoms with Crippen LogP contribution in [0, 0.1) is 6.92 Å². The highest BCUT2D eigenvalue weighted by Gasteiger charge is 2.34. The highest BCUT2D eigenvalue weighted by atomic mass is 35.5. The van der Waals surface area contributed by atoms with Gasteiger partial charge in [-0.05, 0) is 49.2 Å². The van der Waals surface area contributed by atoms with E-state index in [1.807, 2.05) is 56.3 Å². The predicted octanol–water partition coefficient (Wildman–Crippen LogP) is 4.89. The topological polar surface area (TPSA) is 46.2 Å². The lowest BCUT2D eigenvalue weighted by Gasteiger charge is -2.32. The maximum absolute atomic E-state index is 13.0. The van der Waals surface area contributed by atoms with Gasteiger partial charge < -0.3 is 0 Å². The van der Waals surface area contributed by atoms with Crippen LogP contribution in [-0.4, -0.2) is 8.42 Å². The van der Waals surface area contributed by atoms with E-state index in [2.05, 4.69) is 4.72 Å². The highest BCUT2D eigenvalue weighted by molar-refractivity contribution is 7.89. The molecule has 0 unspecified atom stereocenters. The summed E-state index contributed by atoms with van der Waals surface area (Å²) in [7, 11) is -3.72. The lowest BCUT2D eigenvalue weighted by Crippen LogP contribution is -2.44. The van der Waals surface area contributed by atoms with E-state index in [4.69, 9.17) is 11.6 Å². The molecule has 1 atom stereocenters. The fourth-order valence-electron chi connectivity index (χ4n) is 2.88. The molecule has 5 heteroatoms. The van der Waals surface area contributed by atoms with Crippen molar-refractivity contribution in [2.24, 2.45) is 0 Å². The molecule has 0 spiro atoms. The molecule has 3 aromatic rings. The van der Waals surface area contributed by atoms with E-state index < -0.39 is 15.6 Å². The van der Waals surface area contributed by atoms with Gasteiger partial charge in [0.1, 0.15) is 0 Å². The van der Waals surface area contributed by atoms with Crippen LogP contribution in [0.2, 0.25) is 5.02 Å². The van der Waals surface area contributed by atoms with Crippen LogP contribution >= 0.6 is 11.6 Å². The first kappa shape index (κ1) is 18.6. The number of hydrogen-bond acceptors (Lipinski definition) is 2. The van der Waals surface area contributed by atoms with Gasteiger partial charge in [-0.15, -0.1) is 0 Å². The second-order valence-electron chi connectivity index (χ2n) is 6.42. The third-order valence-electron chi connectivity index (χ3n) is 4.44. The molecule has 0 heterocycles. The van der Waals surface area contributed by atoms with Gasteiger partial charge in [0.25, 0.3) is 0 Å². The van der Waals surface area contributed by atoms with Crippen LogP contribution in [0.4, 0.5) is 0 Å². The SMILES string of the molecule is Cc1ccc(S(=O)(=O)N[C@@](C)(c2ccccc2)c2ccc(Cl)cc2)cc1. The second-order valence-corrected chi connectivity index (χ2v) is 8.54. The molecule has 3 nitrogen and oxygen atoms in total. The Morgan fingerprint density at radius 2 is 1.35 bits per heavy atom.